The normalized spacial score (nSPS) is 26.1. The van der Waals surface area contributed by atoms with E-state index in [0.717, 1.165) is 22.6 Å². The van der Waals surface area contributed by atoms with E-state index in [1.165, 1.54) is 77.0 Å². The highest BCUT2D eigenvalue weighted by Crippen LogP contribution is 3.01. The summed E-state index contributed by atoms with van der Waals surface area (Å²) in [6.45, 7) is 1.88. The van der Waals surface area contributed by atoms with E-state index in [1.54, 1.807) is 56.8 Å². The first-order chi connectivity index (χ1) is 16.8. The number of pyridine rings is 1. The van der Waals surface area contributed by atoms with Crippen molar-refractivity contribution in [3.05, 3.63) is 24.4 Å². The van der Waals surface area contributed by atoms with Crippen molar-refractivity contribution in [2.45, 2.75) is 151 Å². The largest absolute Gasteiger partial charge is 0.252 e. The summed E-state index contributed by atoms with van der Waals surface area (Å²) in [5.74, 6) is 0. The van der Waals surface area contributed by atoms with Crippen LogP contribution in [0.3, 0.4) is 0 Å². The van der Waals surface area contributed by atoms with E-state index >= 15 is 0 Å². The molecule has 0 spiro atoms. The molecule has 0 bridgehead atoms. The van der Waals surface area contributed by atoms with Gasteiger partial charge in [0.1, 0.15) is 12.7 Å². The number of hydrogen-bond acceptors (Lipinski definition) is 1. The fraction of sp³-hybridized carbons (Fsp3) is 0.833. The standard InChI is InChI=1S/C30H51NP3/c1-34(28-20-10-4-11-21-28,29-22-12-5-13-23-29)33(30-24-14-15-25-31-30)32(26-16-6-2-7-17-26)27-18-8-3-9-19-27/h14-15,24-29H,2-13,16-23H2,1H3/q+1/t33-/m1/s1. The van der Waals surface area contributed by atoms with E-state index in [2.05, 4.69) is 31.1 Å². The summed E-state index contributed by atoms with van der Waals surface area (Å²) in [4.78, 5) is 5.32. The summed E-state index contributed by atoms with van der Waals surface area (Å²) in [7, 11) is -0.0139. The second kappa shape index (κ2) is 12.8. The van der Waals surface area contributed by atoms with Gasteiger partial charge in [-0.05, 0) is 108 Å². The van der Waals surface area contributed by atoms with Crippen LogP contribution in [-0.4, -0.2) is 34.3 Å². The lowest BCUT2D eigenvalue weighted by Gasteiger charge is -2.51. The van der Waals surface area contributed by atoms with Crippen molar-refractivity contribution < 1.29 is 0 Å². The maximum absolute atomic E-state index is 5.32. The quantitative estimate of drug-likeness (QED) is 0.327. The first kappa shape index (κ1) is 26.1. The van der Waals surface area contributed by atoms with Crippen molar-refractivity contribution in [3.8, 4) is 0 Å². The van der Waals surface area contributed by atoms with Crippen LogP contribution in [-0.2, 0) is 0 Å². The molecule has 0 saturated heterocycles. The fourth-order valence-corrected chi connectivity index (χ4v) is 36.5. The van der Waals surface area contributed by atoms with Crippen molar-refractivity contribution in [1.82, 2.24) is 4.98 Å². The number of rotatable bonds is 7. The molecular formula is C30H51NP3+. The molecule has 4 aliphatic carbocycles. The van der Waals surface area contributed by atoms with Crippen LogP contribution < -0.4 is 5.44 Å². The van der Waals surface area contributed by atoms with Crippen LogP contribution in [0.1, 0.15) is 128 Å². The van der Waals surface area contributed by atoms with Gasteiger partial charge in [0, 0.05) is 13.1 Å². The van der Waals surface area contributed by atoms with Gasteiger partial charge in [0.25, 0.3) is 0 Å². The molecule has 0 radical (unpaired) electrons. The van der Waals surface area contributed by atoms with Crippen LogP contribution in [0.5, 0.6) is 0 Å². The molecule has 4 fully saturated rings. The van der Waals surface area contributed by atoms with Gasteiger partial charge in [-0.25, -0.2) is 0 Å². The van der Waals surface area contributed by atoms with Gasteiger partial charge < -0.3 is 0 Å². The molecule has 1 aromatic rings. The molecule has 4 aliphatic rings. The van der Waals surface area contributed by atoms with Gasteiger partial charge in [0.05, 0.1) is 18.0 Å². The summed E-state index contributed by atoms with van der Waals surface area (Å²) < 4.78 is 0. The Bertz CT molecular complexity index is 680. The minimum Gasteiger partial charge on any atom is -0.252 e. The smallest absolute Gasteiger partial charge is 0.129 e. The van der Waals surface area contributed by atoms with Crippen LogP contribution in [0.25, 0.3) is 0 Å². The Morgan fingerprint density at radius 2 is 1.06 bits per heavy atom. The summed E-state index contributed by atoms with van der Waals surface area (Å²) in [6, 6.07) is 7.09. The van der Waals surface area contributed by atoms with Gasteiger partial charge in [-0.3, -0.25) is 4.98 Å². The third kappa shape index (κ3) is 5.79. The minimum atomic E-state index is -1.11. The van der Waals surface area contributed by atoms with Crippen molar-refractivity contribution >= 4 is 27.3 Å². The van der Waals surface area contributed by atoms with Crippen LogP contribution >= 0.6 is 21.9 Å². The zero-order chi connectivity index (χ0) is 23.2. The molecule has 4 saturated carbocycles. The molecule has 1 nitrogen and oxygen atoms in total. The first-order valence-electron chi connectivity index (χ1n) is 15.1. The van der Waals surface area contributed by atoms with E-state index in [1.807, 2.05) is 0 Å². The van der Waals surface area contributed by atoms with E-state index in [4.69, 9.17) is 4.98 Å². The average Bonchev–Trinajstić information content (AvgIpc) is 2.93. The second-order valence-electron chi connectivity index (χ2n) is 12.1. The molecule has 5 rings (SSSR count). The molecule has 0 unspecified atom stereocenters. The van der Waals surface area contributed by atoms with Gasteiger partial charge in [0.15, 0.2) is 0 Å². The lowest BCUT2D eigenvalue weighted by Crippen LogP contribution is -2.31. The Morgan fingerprint density at radius 1 is 0.618 bits per heavy atom. The van der Waals surface area contributed by atoms with Gasteiger partial charge in [-0.1, -0.05) is 57.4 Å². The highest BCUT2D eigenvalue weighted by Gasteiger charge is 2.59. The molecule has 0 aliphatic heterocycles. The van der Waals surface area contributed by atoms with E-state index in [0.29, 0.717) is 0 Å². The van der Waals surface area contributed by atoms with Gasteiger partial charge >= 0.3 is 0 Å². The zero-order valence-corrected chi connectivity index (χ0v) is 24.7. The Hall–Kier alpha value is 0.440. The average molecular weight is 519 g/mol. The van der Waals surface area contributed by atoms with Crippen molar-refractivity contribution in [3.63, 3.8) is 0 Å². The van der Waals surface area contributed by atoms with Crippen molar-refractivity contribution in [2.75, 3.05) is 6.66 Å². The van der Waals surface area contributed by atoms with E-state index in [9.17, 15) is 0 Å². The molecule has 1 atom stereocenters. The SMILES string of the molecule is C[P+](C1CCCCC1)(C1CCCCC1)[P@](c1ccccn1)P(C1CCCCC1)C1CCCCC1. The Kier molecular flexibility index (Phi) is 9.81. The van der Waals surface area contributed by atoms with Crippen LogP contribution in [0.4, 0.5) is 0 Å². The Morgan fingerprint density at radius 3 is 1.47 bits per heavy atom. The topological polar surface area (TPSA) is 12.9 Å². The number of aromatic nitrogens is 1. The molecule has 1 aromatic heterocycles. The maximum atomic E-state index is 5.32. The second-order valence-corrected chi connectivity index (χ2v) is 26.4. The maximum Gasteiger partial charge on any atom is 0.129 e. The van der Waals surface area contributed by atoms with Gasteiger partial charge in [0.2, 0.25) is 0 Å². The first-order valence-corrected chi connectivity index (χ1v) is 21.7. The molecule has 190 valence electrons. The number of nitrogens with zero attached hydrogens (tertiary/aromatic N) is 1. The third-order valence-corrected chi connectivity index (χ3v) is 32.7. The monoisotopic (exact) mass is 518 g/mol. The van der Waals surface area contributed by atoms with E-state index < -0.39 is 6.95 Å². The molecule has 4 heteroatoms. The molecule has 0 N–H and O–H groups in total. The number of hydrogen-bond donors (Lipinski definition) is 0. The van der Waals surface area contributed by atoms with Crippen molar-refractivity contribution in [1.29, 1.82) is 0 Å². The molecule has 1 heterocycles. The Labute approximate surface area is 214 Å². The fourth-order valence-electron chi connectivity index (χ4n) is 8.15. The molecule has 34 heavy (non-hydrogen) atoms. The highest BCUT2D eigenvalue weighted by atomic mass is 32.5. The summed E-state index contributed by atoms with van der Waals surface area (Å²) >= 11 is 0. The van der Waals surface area contributed by atoms with Crippen LogP contribution in [0.15, 0.2) is 24.4 Å². The highest BCUT2D eigenvalue weighted by molar-refractivity contribution is 8.68. The summed E-state index contributed by atoms with van der Waals surface area (Å²) in [6.07, 6.45) is 32.8. The summed E-state index contributed by atoms with van der Waals surface area (Å²) in [5, 5.41) is 0. The van der Waals surface area contributed by atoms with Crippen molar-refractivity contribution in [2.24, 2.45) is 0 Å². The minimum absolute atomic E-state index is 0.0774. The molecular weight excluding hydrogens is 467 g/mol. The Balaban J connectivity index is 1.61. The summed E-state index contributed by atoms with van der Waals surface area (Å²) in [5.41, 5.74) is 5.88. The predicted octanol–water partition coefficient (Wildman–Crippen LogP) is 10.5. The van der Waals surface area contributed by atoms with E-state index in [-0.39, 0.29) is 14.9 Å². The molecule has 0 aromatic carbocycles. The molecule has 0 amide bonds. The lowest BCUT2D eigenvalue weighted by atomic mass is 9.99. The zero-order valence-electron chi connectivity index (χ0n) is 22.0. The predicted molar refractivity (Wildman–Crippen MR) is 158 cm³/mol. The van der Waals surface area contributed by atoms with Crippen LogP contribution in [0.2, 0.25) is 0 Å². The van der Waals surface area contributed by atoms with Gasteiger partial charge in [-0.2, -0.15) is 0 Å². The lowest BCUT2D eigenvalue weighted by molar-refractivity contribution is 0.483. The van der Waals surface area contributed by atoms with Gasteiger partial charge in [-0.15, -0.1) is 0 Å². The third-order valence-electron chi connectivity index (χ3n) is 10.0. The van der Waals surface area contributed by atoms with Crippen LogP contribution in [0, 0.1) is 0 Å².